The topological polar surface area (TPSA) is 65.0 Å². The van der Waals surface area contributed by atoms with E-state index >= 15 is 0 Å². The van der Waals surface area contributed by atoms with Crippen molar-refractivity contribution < 1.29 is 21.6 Å². The van der Waals surface area contributed by atoms with Gasteiger partial charge in [0.15, 0.2) is 5.96 Å². The van der Waals surface area contributed by atoms with Gasteiger partial charge < -0.3 is 10.2 Å². The summed E-state index contributed by atoms with van der Waals surface area (Å²) in [6, 6.07) is -1.46. The molecule has 1 N–H and O–H groups in total. The molecule has 0 aromatic heterocycles. The van der Waals surface area contributed by atoms with Crippen molar-refractivity contribution in [3.8, 4) is 0 Å². The minimum absolute atomic E-state index is 0. The lowest BCUT2D eigenvalue weighted by atomic mass is 10.2. The molecule has 6 nitrogen and oxygen atoms in total. The molecule has 1 aliphatic heterocycles. The summed E-state index contributed by atoms with van der Waals surface area (Å²) in [4.78, 5) is 7.27. The quantitative estimate of drug-likeness (QED) is 0.373. The second-order valence-electron chi connectivity index (χ2n) is 5.34. The molecule has 1 unspecified atom stereocenters. The van der Waals surface area contributed by atoms with Crippen molar-refractivity contribution in [1.82, 2.24) is 15.1 Å². The van der Waals surface area contributed by atoms with Crippen molar-refractivity contribution in [3.63, 3.8) is 0 Å². The Morgan fingerprint density at radius 1 is 1.26 bits per heavy atom. The second kappa shape index (κ2) is 9.25. The molecule has 0 aromatic rings. The SMILES string of the molecule is CN=C(NCCS(C)(=O)=O)N1CCN(C(C)C(F)(F)F)CC1.I. The smallest absolute Gasteiger partial charge is 0.355 e. The number of hydrogen-bond donors (Lipinski definition) is 1. The molecular formula is C12H24F3IN4O2S. The minimum Gasteiger partial charge on any atom is -0.355 e. The Morgan fingerprint density at radius 3 is 2.17 bits per heavy atom. The van der Waals surface area contributed by atoms with Crippen LogP contribution >= 0.6 is 24.0 Å². The van der Waals surface area contributed by atoms with Gasteiger partial charge in [0, 0.05) is 46.0 Å². The molecule has 0 aromatic carbocycles. The van der Waals surface area contributed by atoms with E-state index in [4.69, 9.17) is 0 Å². The van der Waals surface area contributed by atoms with Gasteiger partial charge in [0.05, 0.1) is 5.75 Å². The average Bonchev–Trinajstić information content (AvgIpc) is 2.41. The van der Waals surface area contributed by atoms with Crippen molar-refractivity contribution in [3.05, 3.63) is 0 Å². The predicted octanol–water partition coefficient (Wildman–Crippen LogP) is 0.793. The molecular weight excluding hydrogens is 448 g/mol. The van der Waals surface area contributed by atoms with E-state index in [-0.39, 0.29) is 49.4 Å². The zero-order chi connectivity index (χ0) is 17.0. The Hall–Kier alpha value is -0.300. The second-order valence-corrected chi connectivity index (χ2v) is 7.60. The number of guanidine groups is 1. The number of hydrogen-bond acceptors (Lipinski definition) is 4. The van der Waals surface area contributed by atoms with E-state index in [0.717, 1.165) is 13.2 Å². The Bertz CT molecular complexity index is 491. The van der Waals surface area contributed by atoms with Crippen molar-refractivity contribution in [2.24, 2.45) is 4.99 Å². The molecule has 0 radical (unpaired) electrons. The van der Waals surface area contributed by atoms with Crippen LogP contribution in [0, 0.1) is 0 Å². The maximum Gasteiger partial charge on any atom is 0.403 e. The maximum atomic E-state index is 12.7. The van der Waals surface area contributed by atoms with Gasteiger partial charge in [-0.3, -0.25) is 9.89 Å². The summed E-state index contributed by atoms with van der Waals surface area (Å²) in [6.45, 7) is 2.79. The Labute approximate surface area is 152 Å². The highest BCUT2D eigenvalue weighted by atomic mass is 127. The monoisotopic (exact) mass is 472 g/mol. The average molecular weight is 472 g/mol. The molecule has 1 atom stereocenters. The van der Waals surface area contributed by atoms with E-state index in [9.17, 15) is 21.6 Å². The van der Waals surface area contributed by atoms with Gasteiger partial charge in [-0.1, -0.05) is 0 Å². The Kier molecular flexibility index (Phi) is 9.13. The molecule has 1 saturated heterocycles. The summed E-state index contributed by atoms with van der Waals surface area (Å²) in [6.07, 6.45) is -3.08. The molecule has 1 rings (SSSR count). The number of nitrogens with one attached hydrogen (secondary N) is 1. The zero-order valence-electron chi connectivity index (χ0n) is 13.4. The third-order valence-corrected chi connectivity index (χ3v) is 4.55. The summed E-state index contributed by atoms with van der Waals surface area (Å²) in [5, 5.41) is 2.93. The molecule has 0 saturated carbocycles. The molecule has 0 aliphatic carbocycles. The van der Waals surface area contributed by atoms with E-state index in [2.05, 4.69) is 10.3 Å². The van der Waals surface area contributed by atoms with Crippen LogP contribution in [0.3, 0.4) is 0 Å². The van der Waals surface area contributed by atoms with Gasteiger partial charge in [-0.25, -0.2) is 8.42 Å². The van der Waals surface area contributed by atoms with E-state index < -0.39 is 22.1 Å². The highest BCUT2D eigenvalue weighted by molar-refractivity contribution is 14.0. The molecule has 1 fully saturated rings. The Balaban J connectivity index is 0.00000484. The van der Waals surface area contributed by atoms with Crippen LogP contribution < -0.4 is 5.32 Å². The maximum absolute atomic E-state index is 12.7. The lowest BCUT2D eigenvalue weighted by Gasteiger charge is -2.39. The van der Waals surface area contributed by atoms with Gasteiger partial charge in [-0.05, 0) is 6.92 Å². The summed E-state index contributed by atoms with van der Waals surface area (Å²) in [7, 11) is -1.50. The molecule has 138 valence electrons. The van der Waals surface area contributed by atoms with Crippen LogP contribution in [0.5, 0.6) is 0 Å². The minimum atomic E-state index is -4.22. The normalized spacial score (nSPS) is 19.2. The highest BCUT2D eigenvalue weighted by Gasteiger charge is 2.41. The van der Waals surface area contributed by atoms with Gasteiger partial charge in [0.25, 0.3) is 0 Å². The molecule has 11 heteroatoms. The number of halogens is 4. The molecule has 1 aliphatic rings. The third kappa shape index (κ3) is 7.88. The summed E-state index contributed by atoms with van der Waals surface area (Å²) in [5.41, 5.74) is 0. The van der Waals surface area contributed by atoms with E-state index in [1.165, 1.54) is 4.90 Å². The molecule has 1 heterocycles. The molecule has 0 amide bonds. The van der Waals surface area contributed by atoms with Gasteiger partial charge in [-0.15, -0.1) is 24.0 Å². The largest absolute Gasteiger partial charge is 0.403 e. The number of aliphatic imine (C=N–C) groups is 1. The van der Waals surface area contributed by atoms with Crippen molar-refractivity contribution in [2.45, 2.75) is 19.1 Å². The lowest BCUT2D eigenvalue weighted by Crippen LogP contribution is -2.57. The predicted molar refractivity (Wildman–Crippen MR) is 95.2 cm³/mol. The number of piperazine rings is 1. The van der Waals surface area contributed by atoms with Crippen molar-refractivity contribution in [2.75, 3.05) is 51.8 Å². The van der Waals surface area contributed by atoms with Crippen molar-refractivity contribution >= 4 is 39.8 Å². The van der Waals surface area contributed by atoms with Gasteiger partial charge >= 0.3 is 6.18 Å². The fourth-order valence-electron chi connectivity index (χ4n) is 2.21. The first kappa shape index (κ1) is 22.7. The fourth-order valence-corrected chi connectivity index (χ4v) is 2.68. The number of sulfone groups is 1. The van der Waals surface area contributed by atoms with E-state index in [1.807, 2.05) is 4.90 Å². The molecule has 23 heavy (non-hydrogen) atoms. The third-order valence-electron chi connectivity index (χ3n) is 3.60. The first-order chi connectivity index (χ1) is 10.0. The van der Waals surface area contributed by atoms with Crippen LogP contribution in [-0.4, -0.2) is 88.2 Å². The number of rotatable bonds is 4. The van der Waals surface area contributed by atoms with Gasteiger partial charge in [0.2, 0.25) is 0 Å². The zero-order valence-corrected chi connectivity index (χ0v) is 16.6. The van der Waals surface area contributed by atoms with Gasteiger partial charge in [0.1, 0.15) is 15.9 Å². The van der Waals surface area contributed by atoms with E-state index in [1.54, 1.807) is 7.05 Å². The highest BCUT2D eigenvalue weighted by Crippen LogP contribution is 2.25. The standard InChI is InChI=1S/C12H23F3N4O2S.HI/c1-10(12(13,14)15)18-5-7-19(8-6-18)11(16-2)17-4-9-22(3,20)21;/h10H,4-9H2,1-3H3,(H,16,17);1H. The van der Waals surface area contributed by atoms with Crippen LogP contribution in [0.15, 0.2) is 4.99 Å². The number of alkyl halides is 3. The van der Waals surface area contributed by atoms with Crippen LogP contribution in [0.1, 0.15) is 6.92 Å². The summed E-state index contributed by atoms with van der Waals surface area (Å²) >= 11 is 0. The van der Waals surface area contributed by atoms with Crippen LogP contribution in [0.4, 0.5) is 13.2 Å². The first-order valence-electron chi connectivity index (χ1n) is 6.98. The van der Waals surface area contributed by atoms with Crippen LogP contribution in [0.25, 0.3) is 0 Å². The van der Waals surface area contributed by atoms with Crippen LogP contribution in [-0.2, 0) is 9.84 Å². The summed E-state index contributed by atoms with van der Waals surface area (Å²) in [5.74, 6) is 0.500. The summed E-state index contributed by atoms with van der Waals surface area (Å²) < 4.78 is 60.2. The van der Waals surface area contributed by atoms with E-state index in [0.29, 0.717) is 19.0 Å². The molecule has 0 bridgehead atoms. The van der Waals surface area contributed by atoms with Gasteiger partial charge in [-0.2, -0.15) is 13.2 Å². The first-order valence-corrected chi connectivity index (χ1v) is 9.04. The Morgan fingerprint density at radius 2 is 1.78 bits per heavy atom. The van der Waals surface area contributed by atoms with Crippen molar-refractivity contribution in [1.29, 1.82) is 0 Å². The van der Waals surface area contributed by atoms with Crippen LogP contribution in [0.2, 0.25) is 0 Å². The fraction of sp³-hybridized carbons (Fsp3) is 0.917. The lowest BCUT2D eigenvalue weighted by molar-refractivity contribution is -0.181. The molecule has 0 spiro atoms. The number of nitrogens with zero attached hydrogens (tertiary/aromatic N) is 3.